The third-order valence-corrected chi connectivity index (χ3v) is 2.87. The Kier molecular flexibility index (Phi) is 10.4. The van der Waals surface area contributed by atoms with E-state index < -0.39 is 71.6 Å². The molecule has 0 aliphatic carbocycles. The molecule has 0 bridgehead atoms. The largest absolute Gasteiger partial charge is 0.372 e. The first-order chi connectivity index (χ1) is 14.8. The van der Waals surface area contributed by atoms with E-state index in [1.165, 1.54) is 5.43 Å². The van der Waals surface area contributed by atoms with Gasteiger partial charge in [0.05, 0.1) is 27.4 Å². The quantitative estimate of drug-likeness (QED) is 0.244. The summed E-state index contributed by atoms with van der Waals surface area (Å²) in [5, 5.41) is 61.8. The molecule has 0 saturated carbocycles. The van der Waals surface area contributed by atoms with Crippen molar-refractivity contribution in [3.63, 3.8) is 0 Å². The molecule has 0 aliphatic heterocycles. The molecule has 0 saturated heterocycles. The van der Waals surface area contributed by atoms with E-state index in [1.807, 2.05) is 0 Å². The Morgan fingerprint density at radius 2 is 1.28 bits per heavy atom. The lowest BCUT2D eigenvalue weighted by Gasteiger charge is -2.09. The number of nitrogens with one attached hydrogen (secondary N) is 2. The summed E-state index contributed by atoms with van der Waals surface area (Å²) in [7, 11) is 0. The highest BCUT2D eigenvalue weighted by Crippen LogP contribution is 2.46. The van der Waals surface area contributed by atoms with Gasteiger partial charge in [-0.15, -0.1) is 20.2 Å². The SMILES string of the molecule is CCO[N+](=O)[O-].O=[N+]([O-])Nc1c([N+](=O)[O-])cc([N+](=O)[O-])c(NCCO[N+](=O)[O-])c1[N+](=O)[O-]. The van der Waals surface area contributed by atoms with Crippen LogP contribution < -0.4 is 10.7 Å². The molecule has 32 heavy (non-hydrogen) atoms. The molecule has 0 aromatic heterocycles. The molecular formula is C10H12N8O14. The van der Waals surface area contributed by atoms with Crippen LogP contribution in [-0.2, 0) is 9.68 Å². The molecule has 22 heteroatoms. The van der Waals surface area contributed by atoms with Crippen LogP contribution in [0.2, 0.25) is 0 Å². The summed E-state index contributed by atoms with van der Waals surface area (Å²) in [5.74, 6) is 0. The number of hydrogen-bond acceptors (Lipinski definition) is 15. The van der Waals surface area contributed by atoms with E-state index in [2.05, 4.69) is 15.0 Å². The molecule has 1 rings (SSSR count). The van der Waals surface area contributed by atoms with E-state index in [4.69, 9.17) is 0 Å². The maximum absolute atomic E-state index is 11.2. The highest BCUT2D eigenvalue weighted by Gasteiger charge is 2.39. The molecule has 0 amide bonds. The Hall–Kier alpha value is -5.18. The number of nitro groups is 4. The van der Waals surface area contributed by atoms with Gasteiger partial charge >= 0.3 is 17.1 Å². The number of hydrazine groups is 1. The van der Waals surface area contributed by atoms with E-state index >= 15 is 0 Å². The van der Waals surface area contributed by atoms with Crippen molar-refractivity contribution in [1.82, 2.24) is 0 Å². The van der Waals surface area contributed by atoms with Crippen LogP contribution in [0.25, 0.3) is 0 Å². The number of anilines is 2. The van der Waals surface area contributed by atoms with E-state index in [0.29, 0.717) is 0 Å². The molecular weight excluding hydrogens is 456 g/mol. The average Bonchev–Trinajstić information content (AvgIpc) is 2.64. The molecule has 0 unspecified atom stereocenters. The maximum Gasteiger partial charge on any atom is 0.335 e. The lowest BCUT2D eigenvalue weighted by atomic mass is 10.1. The first-order valence-corrected chi connectivity index (χ1v) is 7.67. The molecule has 0 fully saturated rings. The molecule has 0 spiro atoms. The maximum atomic E-state index is 11.2. The molecule has 1 aromatic rings. The Bertz CT molecular complexity index is 919. The summed E-state index contributed by atoms with van der Waals surface area (Å²) in [6, 6.07) is 0.273. The Labute approximate surface area is 173 Å². The molecule has 0 heterocycles. The lowest BCUT2D eigenvalue weighted by Crippen LogP contribution is -2.17. The Morgan fingerprint density at radius 1 is 0.781 bits per heavy atom. The molecule has 1 aromatic carbocycles. The molecule has 176 valence electrons. The lowest BCUT2D eigenvalue weighted by molar-refractivity contribution is -0.757. The number of nitrogens with zero attached hydrogens (tertiary/aromatic N) is 6. The smallest absolute Gasteiger partial charge is 0.335 e. The van der Waals surface area contributed by atoms with Gasteiger partial charge < -0.3 is 15.0 Å². The van der Waals surface area contributed by atoms with Crippen LogP contribution in [0.5, 0.6) is 0 Å². The van der Waals surface area contributed by atoms with Gasteiger partial charge in [-0.2, -0.15) is 0 Å². The number of nitro benzene ring substituents is 3. The third-order valence-electron chi connectivity index (χ3n) is 2.87. The van der Waals surface area contributed by atoms with Crippen LogP contribution in [-0.4, -0.2) is 49.7 Å². The second-order valence-corrected chi connectivity index (χ2v) is 4.78. The van der Waals surface area contributed by atoms with Crippen molar-refractivity contribution in [3.05, 3.63) is 66.8 Å². The van der Waals surface area contributed by atoms with Crippen LogP contribution in [0, 0.1) is 60.7 Å². The number of hydrogen-bond donors (Lipinski definition) is 2. The minimum Gasteiger partial charge on any atom is -0.372 e. The average molecular weight is 468 g/mol. The van der Waals surface area contributed by atoms with E-state index in [-0.39, 0.29) is 12.7 Å². The van der Waals surface area contributed by atoms with Gasteiger partial charge in [0.2, 0.25) is 0 Å². The predicted octanol–water partition coefficient (Wildman–Crippen LogP) is 0.850. The van der Waals surface area contributed by atoms with Crippen LogP contribution in [0.15, 0.2) is 6.07 Å². The summed E-state index contributed by atoms with van der Waals surface area (Å²) in [5.41, 5.74) is -4.67. The fourth-order valence-electron chi connectivity index (χ4n) is 1.89. The van der Waals surface area contributed by atoms with E-state index in [0.717, 1.165) is 0 Å². The highest BCUT2D eigenvalue weighted by atomic mass is 17.0. The second kappa shape index (κ2) is 12.4. The van der Waals surface area contributed by atoms with Crippen molar-refractivity contribution >= 4 is 28.4 Å². The summed E-state index contributed by atoms with van der Waals surface area (Å²) in [6.07, 6.45) is 0. The van der Waals surface area contributed by atoms with Crippen LogP contribution in [0.4, 0.5) is 28.4 Å². The van der Waals surface area contributed by atoms with Crippen molar-refractivity contribution in [2.45, 2.75) is 6.92 Å². The van der Waals surface area contributed by atoms with Gasteiger partial charge in [-0.1, -0.05) is 5.43 Å². The van der Waals surface area contributed by atoms with Crippen LogP contribution >= 0.6 is 0 Å². The van der Waals surface area contributed by atoms with Gasteiger partial charge in [-0.05, 0) is 6.92 Å². The minimum absolute atomic E-state index is 0.132. The third kappa shape index (κ3) is 8.45. The topological polar surface area (TPSA) is 301 Å². The van der Waals surface area contributed by atoms with Gasteiger partial charge in [0.15, 0.2) is 10.7 Å². The molecule has 0 radical (unpaired) electrons. The zero-order chi connectivity index (χ0) is 25.0. The molecule has 0 atom stereocenters. The fraction of sp³-hybridized carbons (Fsp3) is 0.400. The van der Waals surface area contributed by atoms with Crippen molar-refractivity contribution in [2.75, 3.05) is 30.5 Å². The van der Waals surface area contributed by atoms with Gasteiger partial charge in [0.25, 0.3) is 15.9 Å². The van der Waals surface area contributed by atoms with Crippen molar-refractivity contribution in [1.29, 1.82) is 0 Å². The van der Waals surface area contributed by atoms with Gasteiger partial charge in [0.1, 0.15) is 6.61 Å². The van der Waals surface area contributed by atoms with Crippen LogP contribution in [0.3, 0.4) is 0 Å². The molecule has 0 aliphatic rings. The van der Waals surface area contributed by atoms with Crippen LogP contribution in [0.1, 0.15) is 6.92 Å². The summed E-state index contributed by atoms with van der Waals surface area (Å²) in [4.78, 5) is 67.0. The molecule has 22 nitrogen and oxygen atoms in total. The first kappa shape index (κ1) is 26.8. The van der Waals surface area contributed by atoms with Gasteiger partial charge in [0, 0.05) is 6.54 Å². The Balaban J connectivity index is 0.00000140. The van der Waals surface area contributed by atoms with Crippen molar-refractivity contribution in [3.8, 4) is 0 Å². The van der Waals surface area contributed by atoms with E-state index in [1.54, 1.807) is 6.92 Å². The van der Waals surface area contributed by atoms with Gasteiger partial charge in [-0.3, -0.25) is 30.3 Å². The van der Waals surface area contributed by atoms with Gasteiger partial charge in [-0.25, -0.2) is 10.1 Å². The van der Waals surface area contributed by atoms with Crippen molar-refractivity contribution in [2.24, 2.45) is 0 Å². The highest BCUT2D eigenvalue weighted by molar-refractivity contribution is 5.89. The predicted molar refractivity (Wildman–Crippen MR) is 97.1 cm³/mol. The summed E-state index contributed by atoms with van der Waals surface area (Å²) >= 11 is 0. The standard InChI is InChI=1S/C8H7N7O11.C2H5NO3/c16-11(17)4-3-5(12(18)19)7(10-14(22)23)8(13(20)21)6(4)9-1-2-26-15(24)25;1-2-6-3(4)5/h3,9-10H,1-2H2;2H2,1H3. The molecule has 2 N–H and O–H groups in total. The van der Waals surface area contributed by atoms with Crippen molar-refractivity contribution < 1.29 is 39.7 Å². The normalized spacial score (nSPS) is 9.41. The zero-order valence-corrected chi connectivity index (χ0v) is 15.6. The van der Waals surface area contributed by atoms with E-state index in [9.17, 15) is 60.7 Å². The first-order valence-electron chi connectivity index (χ1n) is 7.67. The monoisotopic (exact) mass is 468 g/mol. The number of benzene rings is 1. The zero-order valence-electron chi connectivity index (χ0n) is 15.6. The fourth-order valence-corrected chi connectivity index (χ4v) is 1.89. The summed E-state index contributed by atoms with van der Waals surface area (Å²) < 4.78 is 0. The second-order valence-electron chi connectivity index (χ2n) is 4.78. The Morgan fingerprint density at radius 3 is 1.62 bits per heavy atom. The minimum atomic E-state index is -1.36. The number of rotatable bonds is 12. The summed E-state index contributed by atoms with van der Waals surface area (Å²) in [6.45, 7) is 0.449.